The van der Waals surface area contributed by atoms with E-state index in [2.05, 4.69) is 5.32 Å². The number of hydrogen-bond donors (Lipinski definition) is 2. The average molecular weight is 321 g/mol. The van der Waals surface area contributed by atoms with Crippen LogP contribution in [0.3, 0.4) is 0 Å². The van der Waals surface area contributed by atoms with E-state index in [1.165, 1.54) is 16.9 Å². The van der Waals surface area contributed by atoms with Crippen molar-refractivity contribution in [3.8, 4) is 0 Å². The van der Waals surface area contributed by atoms with Gasteiger partial charge in [0.05, 0.1) is 5.75 Å². The zero-order chi connectivity index (χ0) is 15.1. The molecule has 21 heavy (non-hydrogen) atoms. The lowest BCUT2D eigenvalue weighted by molar-refractivity contribution is -0.119. The Morgan fingerprint density at radius 2 is 2.10 bits per heavy atom. The van der Waals surface area contributed by atoms with E-state index in [0.717, 1.165) is 16.2 Å². The van der Waals surface area contributed by atoms with Crippen LogP contribution >= 0.6 is 23.1 Å². The van der Waals surface area contributed by atoms with Gasteiger partial charge in [0.1, 0.15) is 6.10 Å². The van der Waals surface area contributed by atoms with Crippen LogP contribution in [0.2, 0.25) is 0 Å². The normalized spacial score (nSPS) is 12.1. The number of carbonyl (C=O) groups is 1. The molecule has 0 radical (unpaired) electrons. The largest absolute Gasteiger partial charge is 0.386 e. The van der Waals surface area contributed by atoms with Gasteiger partial charge in [-0.25, -0.2) is 0 Å². The van der Waals surface area contributed by atoms with Crippen LogP contribution in [0.4, 0.5) is 0 Å². The van der Waals surface area contributed by atoms with E-state index in [4.69, 9.17) is 0 Å². The molecule has 0 fully saturated rings. The molecule has 0 bridgehead atoms. The lowest BCUT2D eigenvalue weighted by atomic mass is 10.2. The zero-order valence-corrected chi connectivity index (χ0v) is 13.5. The minimum atomic E-state index is -0.618. The summed E-state index contributed by atoms with van der Waals surface area (Å²) in [5.41, 5.74) is 2.28. The molecule has 1 aromatic carbocycles. The molecule has 5 heteroatoms. The fourth-order valence-electron chi connectivity index (χ4n) is 1.92. The lowest BCUT2D eigenvalue weighted by Crippen LogP contribution is -2.29. The van der Waals surface area contributed by atoms with Crippen LogP contribution in [0.1, 0.15) is 22.1 Å². The van der Waals surface area contributed by atoms with E-state index in [-0.39, 0.29) is 12.5 Å². The number of thioether (sulfide) groups is 1. The van der Waals surface area contributed by atoms with Crippen molar-refractivity contribution in [1.29, 1.82) is 0 Å². The number of carbonyl (C=O) groups excluding carboxylic acids is 1. The van der Waals surface area contributed by atoms with Crippen molar-refractivity contribution in [2.45, 2.75) is 18.8 Å². The summed E-state index contributed by atoms with van der Waals surface area (Å²) in [5, 5.41) is 14.8. The maximum Gasteiger partial charge on any atom is 0.230 e. The molecule has 0 saturated carbocycles. The van der Waals surface area contributed by atoms with E-state index < -0.39 is 6.10 Å². The van der Waals surface area contributed by atoms with Crippen molar-refractivity contribution in [2.75, 3.05) is 12.3 Å². The number of amides is 1. The summed E-state index contributed by atoms with van der Waals surface area (Å²) in [5.74, 6) is 1.19. The Kier molecular flexibility index (Phi) is 6.29. The fraction of sp³-hybridized carbons (Fsp3) is 0.312. The van der Waals surface area contributed by atoms with Gasteiger partial charge in [-0.15, -0.1) is 23.1 Å². The van der Waals surface area contributed by atoms with E-state index in [1.807, 2.05) is 48.7 Å². The maximum absolute atomic E-state index is 11.8. The van der Waals surface area contributed by atoms with E-state index >= 15 is 0 Å². The molecule has 0 spiro atoms. The van der Waals surface area contributed by atoms with Gasteiger partial charge in [-0.3, -0.25) is 4.79 Å². The van der Waals surface area contributed by atoms with E-state index in [1.54, 1.807) is 11.8 Å². The summed E-state index contributed by atoms with van der Waals surface area (Å²) in [6.45, 7) is 2.23. The molecule has 1 aromatic heterocycles. The van der Waals surface area contributed by atoms with Crippen LogP contribution in [-0.2, 0) is 10.5 Å². The molecule has 0 aliphatic carbocycles. The highest BCUT2D eigenvalue weighted by Gasteiger charge is 2.13. The van der Waals surface area contributed by atoms with Crippen molar-refractivity contribution in [1.82, 2.24) is 5.32 Å². The standard InChI is InChI=1S/C16H19NO2S2/c1-12-7-8-21-16(12)14(18)9-17-15(19)11-20-10-13-5-3-2-4-6-13/h2-8,14,18H,9-11H2,1H3,(H,17,19). The quantitative estimate of drug-likeness (QED) is 0.824. The van der Waals surface area contributed by atoms with Gasteiger partial charge in [0.25, 0.3) is 0 Å². The number of aliphatic hydroxyl groups is 1. The third-order valence-electron chi connectivity index (χ3n) is 3.04. The molecule has 0 aliphatic heterocycles. The molecule has 1 heterocycles. The number of benzene rings is 1. The third-order valence-corrected chi connectivity index (χ3v) is 5.17. The van der Waals surface area contributed by atoms with Crippen LogP contribution in [-0.4, -0.2) is 23.3 Å². The SMILES string of the molecule is Cc1ccsc1C(O)CNC(=O)CSCc1ccccc1. The van der Waals surface area contributed by atoms with Gasteiger partial charge < -0.3 is 10.4 Å². The molecule has 0 saturated heterocycles. The number of aryl methyl sites for hydroxylation is 1. The Labute approximate surface area is 133 Å². The number of rotatable bonds is 7. The summed E-state index contributed by atoms with van der Waals surface area (Å²) in [6, 6.07) is 12.0. The minimum Gasteiger partial charge on any atom is -0.386 e. The maximum atomic E-state index is 11.8. The number of aliphatic hydroxyl groups excluding tert-OH is 1. The van der Waals surface area contributed by atoms with Crippen molar-refractivity contribution >= 4 is 29.0 Å². The molecular formula is C16H19NO2S2. The second-order valence-corrected chi connectivity index (χ2v) is 6.70. The first-order valence-electron chi connectivity index (χ1n) is 6.77. The van der Waals surface area contributed by atoms with Gasteiger partial charge in [-0.1, -0.05) is 30.3 Å². The lowest BCUT2D eigenvalue weighted by Gasteiger charge is -2.11. The van der Waals surface area contributed by atoms with Crippen molar-refractivity contribution in [3.63, 3.8) is 0 Å². The molecule has 2 aromatic rings. The Hall–Kier alpha value is -1.30. The number of hydrogen-bond acceptors (Lipinski definition) is 4. The van der Waals surface area contributed by atoms with Gasteiger partial charge in [-0.05, 0) is 29.5 Å². The Morgan fingerprint density at radius 3 is 2.76 bits per heavy atom. The average Bonchev–Trinajstić information content (AvgIpc) is 2.92. The predicted molar refractivity (Wildman–Crippen MR) is 89.6 cm³/mol. The highest BCUT2D eigenvalue weighted by Crippen LogP contribution is 2.23. The smallest absolute Gasteiger partial charge is 0.230 e. The molecule has 2 N–H and O–H groups in total. The Balaban J connectivity index is 1.67. The van der Waals surface area contributed by atoms with Gasteiger partial charge in [-0.2, -0.15) is 0 Å². The topological polar surface area (TPSA) is 49.3 Å². The molecule has 1 atom stereocenters. The summed E-state index contributed by atoms with van der Waals surface area (Å²) in [4.78, 5) is 12.7. The van der Waals surface area contributed by atoms with Crippen LogP contribution in [0.25, 0.3) is 0 Å². The van der Waals surface area contributed by atoms with Crippen LogP contribution in [0.15, 0.2) is 41.8 Å². The first-order chi connectivity index (χ1) is 10.2. The summed E-state index contributed by atoms with van der Waals surface area (Å²) in [7, 11) is 0. The first kappa shape index (κ1) is 16.1. The fourth-order valence-corrected chi connectivity index (χ4v) is 3.65. The summed E-state index contributed by atoms with van der Waals surface area (Å²) < 4.78 is 0. The van der Waals surface area contributed by atoms with Gasteiger partial charge in [0.2, 0.25) is 5.91 Å². The van der Waals surface area contributed by atoms with Crippen molar-refractivity contribution in [2.24, 2.45) is 0 Å². The number of thiophene rings is 1. The van der Waals surface area contributed by atoms with Crippen molar-refractivity contribution < 1.29 is 9.90 Å². The third kappa shape index (κ3) is 5.19. The monoisotopic (exact) mass is 321 g/mol. The second-order valence-electron chi connectivity index (χ2n) is 4.77. The highest BCUT2D eigenvalue weighted by molar-refractivity contribution is 7.99. The summed E-state index contributed by atoms with van der Waals surface area (Å²) >= 11 is 3.09. The molecule has 1 amide bonds. The second kappa shape index (κ2) is 8.22. The van der Waals surface area contributed by atoms with Crippen molar-refractivity contribution in [3.05, 3.63) is 57.8 Å². The van der Waals surface area contributed by atoms with Gasteiger partial charge >= 0.3 is 0 Å². The van der Waals surface area contributed by atoms with Crippen LogP contribution in [0, 0.1) is 6.92 Å². The molecular weight excluding hydrogens is 302 g/mol. The Bertz CT molecular complexity index is 569. The van der Waals surface area contributed by atoms with Gasteiger partial charge in [0, 0.05) is 17.2 Å². The van der Waals surface area contributed by atoms with E-state index in [9.17, 15) is 9.90 Å². The minimum absolute atomic E-state index is 0.0378. The zero-order valence-electron chi connectivity index (χ0n) is 11.9. The number of nitrogens with one attached hydrogen (secondary N) is 1. The summed E-state index contributed by atoms with van der Waals surface area (Å²) in [6.07, 6.45) is -0.618. The van der Waals surface area contributed by atoms with Gasteiger partial charge in [0.15, 0.2) is 0 Å². The molecule has 2 rings (SSSR count). The molecule has 1 unspecified atom stereocenters. The van der Waals surface area contributed by atoms with Crippen LogP contribution in [0.5, 0.6) is 0 Å². The molecule has 112 valence electrons. The Morgan fingerprint density at radius 1 is 1.33 bits per heavy atom. The highest BCUT2D eigenvalue weighted by atomic mass is 32.2. The van der Waals surface area contributed by atoms with Crippen LogP contribution < -0.4 is 5.32 Å². The molecule has 0 aliphatic rings. The molecule has 3 nitrogen and oxygen atoms in total. The van der Waals surface area contributed by atoms with E-state index in [0.29, 0.717) is 5.75 Å². The predicted octanol–water partition coefficient (Wildman–Crippen LogP) is 3.14. The first-order valence-corrected chi connectivity index (χ1v) is 8.80.